The minimum atomic E-state index is -3.56. The second-order valence-corrected chi connectivity index (χ2v) is 13.8. The molecule has 0 aliphatic heterocycles. The maximum atomic E-state index is 14.0. The number of rotatable bonds is 13. The Morgan fingerprint density at radius 3 is 2.19 bits per heavy atom. The van der Waals surface area contributed by atoms with Crippen LogP contribution in [0.3, 0.4) is 0 Å². The first kappa shape index (κ1) is 32.3. The average molecular weight is 604 g/mol. The van der Waals surface area contributed by atoms with E-state index in [1.54, 1.807) is 11.0 Å². The van der Waals surface area contributed by atoms with Gasteiger partial charge in [-0.15, -0.1) is 0 Å². The zero-order valence-electron chi connectivity index (χ0n) is 25.9. The van der Waals surface area contributed by atoms with Gasteiger partial charge in [0.05, 0.1) is 11.9 Å². The van der Waals surface area contributed by atoms with E-state index in [0.717, 1.165) is 53.5 Å². The maximum Gasteiger partial charge on any atom is 0.243 e. The molecule has 1 fully saturated rings. The van der Waals surface area contributed by atoms with Gasteiger partial charge in [0, 0.05) is 32.0 Å². The van der Waals surface area contributed by atoms with Crippen LogP contribution in [0.1, 0.15) is 66.3 Å². The zero-order chi connectivity index (χ0) is 31.0. The van der Waals surface area contributed by atoms with Crippen LogP contribution >= 0.6 is 0 Å². The van der Waals surface area contributed by atoms with Gasteiger partial charge in [0.15, 0.2) is 0 Å². The average Bonchev–Trinajstić information content (AvgIpc) is 3.48. The van der Waals surface area contributed by atoms with E-state index in [-0.39, 0.29) is 30.8 Å². The number of carbonyl (C=O) groups excluding carboxylic acids is 2. The number of nitrogens with zero attached hydrogens (tertiary/aromatic N) is 2. The van der Waals surface area contributed by atoms with E-state index in [9.17, 15) is 18.0 Å². The molecule has 0 saturated heterocycles. The molecular weight excluding hydrogens is 558 g/mol. The summed E-state index contributed by atoms with van der Waals surface area (Å²) in [6.07, 6.45) is 6.13. The van der Waals surface area contributed by atoms with Crippen LogP contribution in [0.2, 0.25) is 0 Å². The van der Waals surface area contributed by atoms with Crippen LogP contribution in [-0.2, 0) is 32.6 Å². The van der Waals surface area contributed by atoms with Crippen molar-refractivity contribution in [3.63, 3.8) is 0 Å². The lowest BCUT2D eigenvalue weighted by molar-refractivity contribution is -0.141. The topological polar surface area (TPSA) is 86.8 Å². The minimum Gasteiger partial charge on any atom is -0.352 e. The van der Waals surface area contributed by atoms with Gasteiger partial charge >= 0.3 is 0 Å². The Balaban J connectivity index is 1.58. The van der Waals surface area contributed by atoms with Gasteiger partial charge in [-0.25, -0.2) is 8.42 Å². The Morgan fingerprint density at radius 1 is 0.884 bits per heavy atom. The Bertz CT molecular complexity index is 1480. The molecule has 8 heteroatoms. The summed E-state index contributed by atoms with van der Waals surface area (Å²) in [7, 11) is -3.56. The molecular formula is C35H45N3O4S. The van der Waals surface area contributed by atoms with Gasteiger partial charge in [0.2, 0.25) is 21.8 Å². The molecule has 0 unspecified atom stereocenters. The third-order valence-electron chi connectivity index (χ3n) is 8.38. The summed E-state index contributed by atoms with van der Waals surface area (Å²) >= 11 is 0. The standard InChI is InChI=1S/C35H45N3O4S/c1-26-16-19-30(20-17-26)25-37(33(24-29-11-6-5-7-12-29)35(40)36-31-13-8-9-14-31)34(39)15-10-22-38(43(4,41)42)32-21-18-27(2)28(3)23-32/h5-7,11-12,16-21,23,31,33H,8-10,13-15,22,24-25H2,1-4H3,(H,36,40)/t33-/m0/s1. The first-order valence-corrected chi connectivity index (χ1v) is 17.1. The number of hydrogen-bond donors (Lipinski definition) is 1. The van der Waals surface area contributed by atoms with E-state index < -0.39 is 16.1 Å². The Hall–Kier alpha value is -3.65. The molecule has 1 aliphatic carbocycles. The molecule has 1 saturated carbocycles. The van der Waals surface area contributed by atoms with Crippen molar-refractivity contribution in [2.75, 3.05) is 17.1 Å². The van der Waals surface area contributed by atoms with Gasteiger partial charge in [-0.05, 0) is 74.4 Å². The fraction of sp³-hybridized carbons (Fsp3) is 0.429. The van der Waals surface area contributed by atoms with Gasteiger partial charge in [-0.1, -0.05) is 79.1 Å². The van der Waals surface area contributed by atoms with Gasteiger partial charge in [0.1, 0.15) is 6.04 Å². The Labute approximate surface area is 257 Å². The highest BCUT2D eigenvalue weighted by molar-refractivity contribution is 7.92. The summed E-state index contributed by atoms with van der Waals surface area (Å²) in [5.41, 5.74) is 5.72. The third kappa shape index (κ3) is 9.17. The molecule has 3 aromatic carbocycles. The third-order valence-corrected chi connectivity index (χ3v) is 9.57. The summed E-state index contributed by atoms with van der Waals surface area (Å²) in [4.78, 5) is 29.6. The molecule has 230 valence electrons. The van der Waals surface area contributed by atoms with Crippen molar-refractivity contribution in [2.24, 2.45) is 0 Å². The van der Waals surface area contributed by atoms with Crippen LogP contribution in [0.5, 0.6) is 0 Å². The van der Waals surface area contributed by atoms with E-state index in [0.29, 0.717) is 25.1 Å². The van der Waals surface area contributed by atoms with Crippen LogP contribution < -0.4 is 9.62 Å². The van der Waals surface area contributed by atoms with Crippen molar-refractivity contribution in [1.29, 1.82) is 0 Å². The predicted molar refractivity (Wildman–Crippen MR) is 173 cm³/mol. The number of hydrogen-bond acceptors (Lipinski definition) is 4. The van der Waals surface area contributed by atoms with Gasteiger partial charge < -0.3 is 10.2 Å². The van der Waals surface area contributed by atoms with E-state index >= 15 is 0 Å². The van der Waals surface area contributed by atoms with Gasteiger partial charge in [-0.2, -0.15) is 0 Å². The zero-order valence-corrected chi connectivity index (χ0v) is 26.7. The van der Waals surface area contributed by atoms with Crippen LogP contribution in [0.25, 0.3) is 0 Å². The normalized spacial score (nSPS) is 14.3. The number of carbonyl (C=O) groups is 2. The molecule has 3 aromatic rings. The summed E-state index contributed by atoms with van der Waals surface area (Å²) < 4.78 is 26.9. The first-order valence-electron chi connectivity index (χ1n) is 15.3. The van der Waals surface area contributed by atoms with Crippen molar-refractivity contribution >= 4 is 27.5 Å². The SMILES string of the molecule is Cc1ccc(CN(C(=O)CCCN(c2ccc(C)c(C)c2)S(C)(=O)=O)[C@@H](Cc2ccccc2)C(=O)NC2CCCC2)cc1. The number of amides is 2. The number of benzene rings is 3. The number of sulfonamides is 1. The van der Waals surface area contributed by atoms with E-state index in [1.807, 2.05) is 87.5 Å². The summed E-state index contributed by atoms with van der Waals surface area (Å²) in [6.45, 7) is 6.42. The smallest absolute Gasteiger partial charge is 0.243 e. The van der Waals surface area contributed by atoms with E-state index in [1.165, 1.54) is 10.6 Å². The second kappa shape index (κ2) is 14.7. The number of aryl methyl sites for hydroxylation is 3. The molecule has 0 aromatic heterocycles. The minimum absolute atomic E-state index is 0.116. The Morgan fingerprint density at radius 2 is 1.56 bits per heavy atom. The molecule has 0 heterocycles. The molecule has 43 heavy (non-hydrogen) atoms. The van der Waals surface area contributed by atoms with Crippen molar-refractivity contribution < 1.29 is 18.0 Å². The summed E-state index contributed by atoms with van der Waals surface area (Å²) in [5, 5.41) is 3.23. The van der Waals surface area contributed by atoms with Crippen molar-refractivity contribution in [1.82, 2.24) is 10.2 Å². The monoisotopic (exact) mass is 603 g/mol. The van der Waals surface area contributed by atoms with Crippen molar-refractivity contribution in [3.05, 3.63) is 101 Å². The highest BCUT2D eigenvalue weighted by Crippen LogP contribution is 2.24. The maximum absolute atomic E-state index is 14.0. The fourth-order valence-corrected chi connectivity index (χ4v) is 6.65. The summed E-state index contributed by atoms with van der Waals surface area (Å²) in [6, 6.07) is 22.8. The lowest BCUT2D eigenvalue weighted by atomic mass is 10.0. The van der Waals surface area contributed by atoms with Crippen LogP contribution in [0, 0.1) is 20.8 Å². The molecule has 0 spiro atoms. The molecule has 0 radical (unpaired) electrons. The second-order valence-electron chi connectivity index (χ2n) is 11.9. The van der Waals surface area contributed by atoms with Crippen LogP contribution in [0.15, 0.2) is 72.8 Å². The Kier molecular flexibility index (Phi) is 11.0. The molecule has 1 N–H and O–H groups in total. The van der Waals surface area contributed by atoms with Crippen LogP contribution in [0.4, 0.5) is 5.69 Å². The van der Waals surface area contributed by atoms with E-state index in [2.05, 4.69) is 5.32 Å². The summed E-state index contributed by atoms with van der Waals surface area (Å²) in [5.74, 6) is -0.305. The van der Waals surface area contributed by atoms with Crippen molar-refractivity contribution in [3.8, 4) is 0 Å². The molecule has 7 nitrogen and oxygen atoms in total. The molecule has 4 rings (SSSR count). The molecule has 0 bridgehead atoms. The molecule has 2 amide bonds. The van der Waals surface area contributed by atoms with Gasteiger partial charge in [0.25, 0.3) is 0 Å². The number of anilines is 1. The quantitative estimate of drug-likeness (QED) is 0.265. The highest BCUT2D eigenvalue weighted by Gasteiger charge is 2.32. The first-order chi connectivity index (χ1) is 20.5. The molecule has 1 atom stereocenters. The van der Waals surface area contributed by atoms with Gasteiger partial charge in [-0.3, -0.25) is 13.9 Å². The predicted octanol–water partition coefficient (Wildman–Crippen LogP) is 5.86. The van der Waals surface area contributed by atoms with Crippen molar-refractivity contribution in [2.45, 2.75) is 84.3 Å². The fourth-order valence-electron chi connectivity index (χ4n) is 5.70. The molecule has 1 aliphatic rings. The lowest BCUT2D eigenvalue weighted by Crippen LogP contribution is -2.52. The number of nitrogens with one attached hydrogen (secondary N) is 1. The highest BCUT2D eigenvalue weighted by atomic mass is 32.2. The van der Waals surface area contributed by atoms with E-state index in [4.69, 9.17) is 0 Å². The lowest BCUT2D eigenvalue weighted by Gasteiger charge is -2.33. The largest absolute Gasteiger partial charge is 0.352 e. The van der Waals surface area contributed by atoms with Crippen LogP contribution in [-0.4, -0.2) is 50.0 Å².